The van der Waals surface area contributed by atoms with Gasteiger partial charge in [0.2, 0.25) is 5.91 Å². The number of likely N-dealkylation sites (N-methyl/N-ethyl adjacent to an activating group) is 1. The summed E-state index contributed by atoms with van der Waals surface area (Å²) in [5, 5.41) is 0. The SMILES string of the molecule is CC(N)C(=O)N1CCN(C)c2ccccc2C1. The van der Waals surface area contributed by atoms with Crippen LogP contribution in [0.5, 0.6) is 0 Å². The average molecular weight is 233 g/mol. The van der Waals surface area contributed by atoms with E-state index in [9.17, 15) is 4.79 Å². The number of para-hydroxylation sites is 1. The van der Waals surface area contributed by atoms with Crippen LogP contribution in [0.25, 0.3) is 0 Å². The fourth-order valence-corrected chi connectivity index (χ4v) is 2.17. The number of rotatable bonds is 1. The van der Waals surface area contributed by atoms with E-state index in [-0.39, 0.29) is 5.91 Å². The fourth-order valence-electron chi connectivity index (χ4n) is 2.17. The van der Waals surface area contributed by atoms with Crippen LogP contribution in [0.4, 0.5) is 5.69 Å². The van der Waals surface area contributed by atoms with Crippen LogP contribution in [0.15, 0.2) is 24.3 Å². The van der Waals surface area contributed by atoms with Crippen LogP contribution in [0.2, 0.25) is 0 Å². The van der Waals surface area contributed by atoms with Gasteiger partial charge in [0.15, 0.2) is 0 Å². The zero-order valence-electron chi connectivity index (χ0n) is 10.4. The summed E-state index contributed by atoms with van der Waals surface area (Å²) < 4.78 is 0. The van der Waals surface area contributed by atoms with E-state index < -0.39 is 6.04 Å². The average Bonchev–Trinajstić information content (AvgIpc) is 2.48. The van der Waals surface area contributed by atoms with Gasteiger partial charge in [0.25, 0.3) is 0 Å². The minimum atomic E-state index is -0.425. The summed E-state index contributed by atoms with van der Waals surface area (Å²) in [6.45, 7) is 3.96. The van der Waals surface area contributed by atoms with Gasteiger partial charge in [0, 0.05) is 32.4 Å². The van der Waals surface area contributed by atoms with E-state index in [1.54, 1.807) is 6.92 Å². The molecular weight excluding hydrogens is 214 g/mol. The number of amides is 1. The molecule has 4 nitrogen and oxygen atoms in total. The van der Waals surface area contributed by atoms with Crippen molar-refractivity contribution in [1.29, 1.82) is 0 Å². The Morgan fingerprint density at radius 1 is 1.35 bits per heavy atom. The molecule has 0 aromatic heterocycles. The molecule has 1 heterocycles. The summed E-state index contributed by atoms with van der Waals surface area (Å²) in [6, 6.07) is 7.77. The summed E-state index contributed by atoms with van der Waals surface area (Å²) in [6.07, 6.45) is 0. The van der Waals surface area contributed by atoms with Gasteiger partial charge in [-0.1, -0.05) is 18.2 Å². The van der Waals surface area contributed by atoms with Crippen molar-refractivity contribution < 1.29 is 4.79 Å². The molecule has 1 aliphatic rings. The molecule has 17 heavy (non-hydrogen) atoms. The molecule has 1 aromatic carbocycles. The Morgan fingerprint density at radius 3 is 2.76 bits per heavy atom. The first-order valence-corrected chi connectivity index (χ1v) is 5.93. The third-order valence-electron chi connectivity index (χ3n) is 3.17. The van der Waals surface area contributed by atoms with Crippen molar-refractivity contribution in [2.75, 3.05) is 25.0 Å². The summed E-state index contributed by atoms with van der Waals surface area (Å²) in [5.41, 5.74) is 8.05. The van der Waals surface area contributed by atoms with Crippen molar-refractivity contribution in [3.05, 3.63) is 29.8 Å². The van der Waals surface area contributed by atoms with Crippen molar-refractivity contribution in [1.82, 2.24) is 4.90 Å². The summed E-state index contributed by atoms with van der Waals surface area (Å²) in [4.78, 5) is 16.0. The molecule has 1 aliphatic heterocycles. The first-order valence-electron chi connectivity index (χ1n) is 5.93. The van der Waals surface area contributed by atoms with Crippen molar-refractivity contribution in [2.24, 2.45) is 5.73 Å². The summed E-state index contributed by atoms with van der Waals surface area (Å²) in [5.74, 6) is 0.0232. The van der Waals surface area contributed by atoms with Crippen LogP contribution >= 0.6 is 0 Å². The molecule has 2 N–H and O–H groups in total. The lowest BCUT2D eigenvalue weighted by molar-refractivity contribution is -0.132. The predicted molar refractivity (Wildman–Crippen MR) is 68.8 cm³/mol. The zero-order chi connectivity index (χ0) is 12.4. The highest BCUT2D eigenvalue weighted by Gasteiger charge is 2.22. The van der Waals surface area contributed by atoms with Crippen molar-refractivity contribution in [3.8, 4) is 0 Å². The molecule has 0 bridgehead atoms. The minimum Gasteiger partial charge on any atom is -0.373 e. The van der Waals surface area contributed by atoms with E-state index >= 15 is 0 Å². The van der Waals surface area contributed by atoms with E-state index in [2.05, 4.69) is 24.1 Å². The quantitative estimate of drug-likeness (QED) is 0.781. The number of nitrogens with two attached hydrogens (primary N) is 1. The standard InChI is InChI=1S/C13H19N3O/c1-10(14)13(17)16-8-7-15(2)12-6-4-3-5-11(12)9-16/h3-6,10H,7-9,14H2,1-2H3. The van der Waals surface area contributed by atoms with Crippen LogP contribution in [0.3, 0.4) is 0 Å². The highest BCUT2D eigenvalue weighted by Crippen LogP contribution is 2.23. The van der Waals surface area contributed by atoms with E-state index in [4.69, 9.17) is 5.73 Å². The van der Waals surface area contributed by atoms with E-state index in [1.165, 1.54) is 11.3 Å². The van der Waals surface area contributed by atoms with Gasteiger partial charge in [0.05, 0.1) is 6.04 Å². The van der Waals surface area contributed by atoms with Crippen molar-refractivity contribution in [3.63, 3.8) is 0 Å². The van der Waals surface area contributed by atoms with Gasteiger partial charge in [-0.25, -0.2) is 0 Å². The molecule has 0 aliphatic carbocycles. The maximum absolute atomic E-state index is 11.9. The second-order valence-corrected chi connectivity index (χ2v) is 4.60. The lowest BCUT2D eigenvalue weighted by Gasteiger charge is -2.22. The molecule has 0 saturated heterocycles. The zero-order valence-corrected chi connectivity index (χ0v) is 10.4. The molecular formula is C13H19N3O. The Bertz CT molecular complexity index is 417. The molecule has 4 heteroatoms. The van der Waals surface area contributed by atoms with E-state index in [1.807, 2.05) is 17.0 Å². The highest BCUT2D eigenvalue weighted by atomic mass is 16.2. The summed E-state index contributed by atoms with van der Waals surface area (Å²) in [7, 11) is 2.05. The number of fused-ring (bicyclic) bond motifs is 1. The number of hydrogen-bond donors (Lipinski definition) is 1. The van der Waals surface area contributed by atoms with Gasteiger partial charge in [-0.2, -0.15) is 0 Å². The smallest absolute Gasteiger partial charge is 0.239 e. The Balaban J connectivity index is 2.26. The first-order chi connectivity index (χ1) is 8.09. The van der Waals surface area contributed by atoms with Gasteiger partial charge < -0.3 is 15.5 Å². The number of hydrogen-bond acceptors (Lipinski definition) is 3. The molecule has 1 amide bonds. The number of carbonyl (C=O) groups excluding carboxylic acids is 1. The van der Waals surface area contributed by atoms with Gasteiger partial charge in [0.1, 0.15) is 0 Å². The molecule has 1 unspecified atom stereocenters. The normalized spacial score (nSPS) is 17.4. The third kappa shape index (κ3) is 2.42. The van der Waals surface area contributed by atoms with Crippen molar-refractivity contribution >= 4 is 11.6 Å². The second kappa shape index (κ2) is 4.75. The highest BCUT2D eigenvalue weighted by molar-refractivity contribution is 5.81. The first kappa shape index (κ1) is 11.9. The molecule has 0 fully saturated rings. The molecule has 0 radical (unpaired) electrons. The molecule has 1 atom stereocenters. The van der Waals surface area contributed by atoms with Gasteiger partial charge in [-0.3, -0.25) is 4.79 Å². The number of nitrogens with zero attached hydrogens (tertiary/aromatic N) is 2. The Kier molecular flexibility index (Phi) is 3.33. The summed E-state index contributed by atoms with van der Waals surface area (Å²) >= 11 is 0. The largest absolute Gasteiger partial charge is 0.373 e. The Morgan fingerprint density at radius 2 is 2.06 bits per heavy atom. The van der Waals surface area contributed by atoms with Gasteiger partial charge >= 0.3 is 0 Å². The van der Waals surface area contributed by atoms with Crippen LogP contribution in [0.1, 0.15) is 12.5 Å². The fraction of sp³-hybridized carbons (Fsp3) is 0.462. The lowest BCUT2D eigenvalue weighted by Crippen LogP contribution is -2.43. The van der Waals surface area contributed by atoms with E-state index in [0.717, 1.165) is 13.1 Å². The molecule has 2 rings (SSSR count). The third-order valence-corrected chi connectivity index (χ3v) is 3.17. The lowest BCUT2D eigenvalue weighted by atomic mass is 10.1. The van der Waals surface area contributed by atoms with Gasteiger partial charge in [-0.05, 0) is 18.6 Å². The maximum Gasteiger partial charge on any atom is 0.239 e. The number of benzene rings is 1. The second-order valence-electron chi connectivity index (χ2n) is 4.60. The van der Waals surface area contributed by atoms with Crippen LogP contribution in [0, 0.1) is 0 Å². The molecule has 1 aromatic rings. The van der Waals surface area contributed by atoms with Crippen LogP contribution in [-0.4, -0.2) is 37.0 Å². The number of carbonyl (C=O) groups is 1. The van der Waals surface area contributed by atoms with E-state index in [0.29, 0.717) is 6.54 Å². The van der Waals surface area contributed by atoms with Crippen molar-refractivity contribution in [2.45, 2.75) is 19.5 Å². The Labute approximate surface area is 102 Å². The molecule has 0 saturated carbocycles. The van der Waals surface area contributed by atoms with Gasteiger partial charge in [-0.15, -0.1) is 0 Å². The minimum absolute atomic E-state index is 0.0232. The molecule has 0 spiro atoms. The maximum atomic E-state index is 11.9. The van der Waals surface area contributed by atoms with Crippen LogP contribution < -0.4 is 10.6 Å². The topological polar surface area (TPSA) is 49.6 Å². The molecule has 92 valence electrons. The number of anilines is 1. The van der Waals surface area contributed by atoms with Crippen LogP contribution in [-0.2, 0) is 11.3 Å². The Hall–Kier alpha value is -1.55. The predicted octanol–water partition coefficient (Wildman–Crippen LogP) is 0.812. The monoisotopic (exact) mass is 233 g/mol.